The summed E-state index contributed by atoms with van der Waals surface area (Å²) in [6, 6.07) is 5.49. The van der Waals surface area contributed by atoms with E-state index in [0.717, 1.165) is 0 Å². The van der Waals surface area contributed by atoms with Crippen LogP contribution in [0.3, 0.4) is 0 Å². The van der Waals surface area contributed by atoms with Gasteiger partial charge in [0.25, 0.3) is 5.91 Å². The Morgan fingerprint density at radius 3 is 2.67 bits per heavy atom. The van der Waals surface area contributed by atoms with Crippen molar-refractivity contribution in [1.82, 2.24) is 5.32 Å². The number of carbonyl (C=O) groups is 4. The summed E-state index contributed by atoms with van der Waals surface area (Å²) in [4.78, 5) is 46.8. The first-order chi connectivity index (χ1) is 11.4. The average Bonchev–Trinajstić information content (AvgIpc) is 2.51. The Balaban J connectivity index is 2.11. The van der Waals surface area contributed by atoms with E-state index in [1.165, 1.54) is 13.0 Å². The standard InChI is InChI=1S/C17H21N3O4/c1-10(21)19-13-6-2-5-12(8-13)17(24)20-15(16(18)23)11-4-3-7-14(22)9-11/h2,5-6,8,11,15H,3-4,7,9H2,1H3,(H2,18,23)(H,19,21)(H,20,24)/t11-,15+/m0/s1. The third-order valence-corrected chi connectivity index (χ3v) is 4.03. The molecule has 0 radical (unpaired) electrons. The van der Waals surface area contributed by atoms with Crippen LogP contribution in [0.4, 0.5) is 5.69 Å². The Bertz CT molecular complexity index is 672. The number of hydrogen-bond donors (Lipinski definition) is 3. The van der Waals surface area contributed by atoms with E-state index in [9.17, 15) is 19.2 Å². The van der Waals surface area contributed by atoms with Crippen LogP contribution in [0.15, 0.2) is 24.3 Å². The molecule has 3 amide bonds. The molecule has 2 rings (SSSR count). The van der Waals surface area contributed by atoms with Gasteiger partial charge in [0.2, 0.25) is 11.8 Å². The maximum absolute atomic E-state index is 12.4. The van der Waals surface area contributed by atoms with Crippen molar-refractivity contribution in [2.45, 2.75) is 38.6 Å². The summed E-state index contributed by atoms with van der Waals surface area (Å²) in [5.74, 6) is -1.56. The average molecular weight is 331 g/mol. The van der Waals surface area contributed by atoms with Gasteiger partial charge in [-0.15, -0.1) is 0 Å². The second-order valence-corrected chi connectivity index (χ2v) is 6.01. The zero-order valence-corrected chi connectivity index (χ0v) is 13.5. The van der Waals surface area contributed by atoms with Crippen molar-refractivity contribution in [3.8, 4) is 0 Å². The molecule has 128 valence electrons. The van der Waals surface area contributed by atoms with Crippen LogP contribution < -0.4 is 16.4 Å². The van der Waals surface area contributed by atoms with E-state index in [-0.39, 0.29) is 24.0 Å². The van der Waals surface area contributed by atoms with Crippen molar-refractivity contribution >= 4 is 29.2 Å². The highest BCUT2D eigenvalue weighted by atomic mass is 16.2. The van der Waals surface area contributed by atoms with Gasteiger partial charge in [0.1, 0.15) is 11.8 Å². The van der Waals surface area contributed by atoms with Gasteiger partial charge in [-0.05, 0) is 37.0 Å². The molecule has 2 atom stereocenters. The topological polar surface area (TPSA) is 118 Å². The Hall–Kier alpha value is -2.70. The molecule has 7 nitrogen and oxygen atoms in total. The van der Waals surface area contributed by atoms with Crippen molar-refractivity contribution in [1.29, 1.82) is 0 Å². The largest absolute Gasteiger partial charge is 0.368 e. The molecule has 7 heteroatoms. The van der Waals surface area contributed by atoms with Crippen LogP contribution in [0.2, 0.25) is 0 Å². The van der Waals surface area contributed by atoms with Crippen LogP contribution in [0.25, 0.3) is 0 Å². The Kier molecular flexibility index (Phi) is 5.68. The first-order valence-electron chi connectivity index (χ1n) is 7.86. The molecule has 1 aliphatic rings. The van der Waals surface area contributed by atoms with Crippen LogP contribution in [0.5, 0.6) is 0 Å². The molecule has 1 aliphatic carbocycles. The summed E-state index contributed by atoms with van der Waals surface area (Å²) in [6.45, 7) is 1.37. The van der Waals surface area contributed by atoms with Crippen LogP contribution in [0.1, 0.15) is 43.0 Å². The minimum atomic E-state index is -0.883. The molecule has 1 fully saturated rings. The summed E-state index contributed by atoms with van der Waals surface area (Å²) in [7, 11) is 0. The van der Waals surface area contributed by atoms with Crippen LogP contribution >= 0.6 is 0 Å². The molecular weight excluding hydrogens is 310 g/mol. The molecule has 0 unspecified atom stereocenters. The predicted molar refractivity (Wildman–Crippen MR) is 88.2 cm³/mol. The molecule has 0 spiro atoms. The van der Waals surface area contributed by atoms with Crippen molar-refractivity contribution in [2.24, 2.45) is 11.7 Å². The predicted octanol–water partition coefficient (Wildman–Crippen LogP) is 0.988. The van der Waals surface area contributed by atoms with E-state index in [1.54, 1.807) is 18.2 Å². The summed E-state index contributed by atoms with van der Waals surface area (Å²) < 4.78 is 0. The fourth-order valence-electron chi connectivity index (χ4n) is 2.93. The Labute approximate surface area is 140 Å². The first-order valence-corrected chi connectivity index (χ1v) is 7.86. The van der Waals surface area contributed by atoms with Crippen molar-refractivity contribution < 1.29 is 19.2 Å². The minimum absolute atomic E-state index is 0.0828. The van der Waals surface area contributed by atoms with Gasteiger partial charge in [-0.3, -0.25) is 19.2 Å². The number of nitrogens with one attached hydrogen (secondary N) is 2. The monoisotopic (exact) mass is 331 g/mol. The van der Waals surface area contributed by atoms with E-state index < -0.39 is 17.9 Å². The number of anilines is 1. The zero-order valence-electron chi connectivity index (χ0n) is 13.5. The van der Waals surface area contributed by atoms with Gasteiger partial charge in [-0.2, -0.15) is 0 Å². The van der Waals surface area contributed by atoms with Crippen LogP contribution in [-0.2, 0) is 14.4 Å². The summed E-state index contributed by atoms with van der Waals surface area (Å²) >= 11 is 0. The number of hydrogen-bond acceptors (Lipinski definition) is 4. The number of carbonyl (C=O) groups excluding carboxylic acids is 4. The lowest BCUT2D eigenvalue weighted by Crippen LogP contribution is -2.50. The highest BCUT2D eigenvalue weighted by molar-refractivity contribution is 5.99. The molecular formula is C17H21N3O4. The number of benzene rings is 1. The fraction of sp³-hybridized carbons (Fsp3) is 0.412. The van der Waals surface area contributed by atoms with Crippen LogP contribution in [0, 0.1) is 5.92 Å². The zero-order chi connectivity index (χ0) is 17.7. The molecule has 24 heavy (non-hydrogen) atoms. The highest BCUT2D eigenvalue weighted by Gasteiger charge is 2.32. The molecule has 0 aromatic heterocycles. The lowest BCUT2D eigenvalue weighted by Gasteiger charge is -2.28. The van der Waals surface area contributed by atoms with Crippen molar-refractivity contribution in [3.05, 3.63) is 29.8 Å². The number of Topliss-reactive ketones (excluding diaryl/α,β-unsaturated/α-hetero) is 1. The number of nitrogens with two attached hydrogens (primary N) is 1. The molecule has 0 heterocycles. The van der Waals surface area contributed by atoms with Crippen molar-refractivity contribution in [2.75, 3.05) is 5.32 Å². The van der Waals surface area contributed by atoms with E-state index in [4.69, 9.17) is 5.73 Å². The number of primary amides is 1. The van der Waals surface area contributed by atoms with Gasteiger partial charge in [0.15, 0.2) is 0 Å². The van der Waals surface area contributed by atoms with Crippen LogP contribution in [-0.4, -0.2) is 29.5 Å². The number of amides is 3. The van der Waals surface area contributed by atoms with Gasteiger partial charge in [0.05, 0.1) is 0 Å². The quantitative estimate of drug-likeness (QED) is 0.745. The molecule has 0 saturated heterocycles. The van der Waals surface area contributed by atoms with E-state index in [2.05, 4.69) is 10.6 Å². The van der Waals surface area contributed by atoms with Gasteiger partial charge < -0.3 is 16.4 Å². The third kappa shape index (κ3) is 4.65. The SMILES string of the molecule is CC(=O)Nc1cccc(C(=O)N[C@@H](C(N)=O)[C@H]2CCCC(=O)C2)c1. The molecule has 1 aromatic rings. The van der Waals surface area contributed by atoms with E-state index >= 15 is 0 Å². The highest BCUT2D eigenvalue weighted by Crippen LogP contribution is 2.24. The lowest BCUT2D eigenvalue weighted by molar-refractivity contribution is -0.124. The van der Waals surface area contributed by atoms with E-state index in [0.29, 0.717) is 30.5 Å². The summed E-state index contributed by atoms with van der Waals surface area (Å²) in [5, 5.41) is 5.22. The van der Waals surface area contributed by atoms with Gasteiger partial charge in [-0.1, -0.05) is 6.07 Å². The van der Waals surface area contributed by atoms with Crippen molar-refractivity contribution in [3.63, 3.8) is 0 Å². The fourth-order valence-corrected chi connectivity index (χ4v) is 2.93. The normalized spacial score (nSPS) is 18.5. The first kappa shape index (κ1) is 17.7. The summed E-state index contributed by atoms with van der Waals surface area (Å²) in [5.41, 5.74) is 6.20. The molecule has 1 aromatic carbocycles. The minimum Gasteiger partial charge on any atom is -0.368 e. The second-order valence-electron chi connectivity index (χ2n) is 6.01. The van der Waals surface area contributed by atoms with Gasteiger partial charge >= 0.3 is 0 Å². The molecule has 4 N–H and O–H groups in total. The summed E-state index contributed by atoms with van der Waals surface area (Å²) in [6.07, 6.45) is 2.13. The van der Waals surface area contributed by atoms with E-state index in [1.807, 2.05) is 0 Å². The Morgan fingerprint density at radius 1 is 1.29 bits per heavy atom. The second kappa shape index (κ2) is 7.72. The third-order valence-electron chi connectivity index (χ3n) is 4.03. The van der Waals surface area contributed by atoms with Gasteiger partial charge in [0, 0.05) is 31.0 Å². The number of ketones is 1. The number of rotatable bonds is 5. The molecule has 1 saturated carbocycles. The lowest BCUT2D eigenvalue weighted by atomic mass is 9.82. The molecule has 0 bridgehead atoms. The molecule has 0 aliphatic heterocycles. The Morgan fingerprint density at radius 2 is 2.04 bits per heavy atom. The van der Waals surface area contributed by atoms with Gasteiger partial charge in [-0.25, -0.2) is 0 Å². The maximum Gasteiger partial charge on any atom is 0.252 e. The smallest absolute Gasteiger partial charge is 0.252 e. The maximum atomic E-state index is 12.4.